The Hall–Kier alpha value is -1.90. The number of fused-ring (bicyclic) bond motifs is 1. The van der Waals surface area contributed by atoms with Crippen molar-refractivity contribution in [3.8, 4) is 6.07 Å². The number of aromatic nitrogens is 1. The molecule has 0 aliphatic carbocycles. The predicted octanol–water partition coefficient (Wildman–Crippen LogP) is 1.70. The fourth-order valence-corrected chi connectivity index (χ4v) is 2.73. The summed E-state index contributed by atoms with van der Waals surface area (Å²) >= 11 is 0. The van der Waals surface area contributed by atoms with Gasteiger partial charge in [-0.2, -0.15) is 5.26 Å². The van der Waals surface area contributed by atoms with E-state index in [1.165, 1.54) is 0 Å². The summed E-state index contributed by atoms with van der Waals surface area (Å²) in [5, 5.41) is 12.6. The van der Waals surface area contributed by atoms with Crippen molar-refractivity contribution in [2.24, 2.45) is 0 Å². The smallest absolute Gasteiger partial charge is 0.144 e. The highest BCUT2D eigenvalue weighted by Gasteiger charge is 2.15. The Kier molecular flexibility index (Phi) is 4.49. The van der Waals surface area contributed by atoms with Gasteiger partial charge in [-0.25, -0.2) is 4.98 Å². The summed E-state index contributed by atoms with van der Waals surface area (Å²) in [6.45, 7) is 5.19. The molecule has 0 unspecified atom stereocenters. The van der Waals surface area contributed by atoms with Crippen LogP contribution in [-0.4, -0.2) is 42.7 Å². The van der Waals surface area contributed by atoms with Gasteiger partial charge in [0.2, 0.25) is 0 Å². The van der Waals surface area contributed by atoms with Gasteiger partial charge in [-0.05, 0) is 12.5 Å². The first kappa shape index (κ1) is 14.1. The van der Waals surface area contributed by atoms with E-state index in [9.17, 15) is 5.26 Å². The lowest BCUT2D eigenvalue weighted by atomic mass is 10.1. The largest absolute Gasteiger partial charge is 0.376 e. The van der Waals surface area contributed by atoms with Crippen LogP contribution in [0.15, 0.2) is 18.2 Å². The van der Waals surface area contributed by atoms with Crippen molar-refractivity contribution < 1.29 is 4.74 Å². The topological polar surface area (TPSA) is 61.2 Å². The third-order valence-corrected chi connectivity index (χ3v) is 3.92. The van der Waals surface area contributed by atoms with Crippen LogP contribution in [0.5, 0.6) is 0 Å². The van der Waals surface area contributed by atoms with E-state index >= 15 is 0 Å². The summed E-state index contributed by atoms with van der Waals surface area (Å²) in [4.78, 5) is 7.01. The molecule has 5 nitrogen and oxygen atoms in total. The number of nitrogens with one attached hydrogen (secondary N) is 1. The van der Waals surface area contributed by atoms with Crippen LogP contribution in [0.2, 0.25) is 0 Å². The van der Waals surface area contributed by atoms with Crippen LogP contribution >= 0.6 is 0 Å². The van der Waals surface area contributed by atoms with Crippen molar-refractivity contribution in [1.29, 1.82) is 5.26 Å². The van der Waals surface area contributed by atoms with E-state index in [-0.39, 0.29) is 0 Å². The summed E-state index contributed by atoms with van der Waals surface area (Å²) in [7, 11) is 0. The maximum Gasteiger partial charge on any atom is 0.144 e. The SMILES string of the molecule is N#Cc1cc2c(nc1NCCN1CC=CCC1)CCOC2. The Morgan fingerprint density at radius 1 is 1.43 bits per heavy atom. The second-order valence-electron chi connectivity index (χ2n) is 5.39. The number of nitriles is 1. The van der Waals surface area contributed by atoms with E-state index in [1.807, 2.05) is 6.07 Å². The van der Waals surface area contributed by atoms with E-state index in [2.05, 4.69) is 33.4 Å². The van der Waals surface area contributed by atoms with Crippen LogP contribution < -0.4 is 5.32 Å². The number of pyridine rings is 1. The molecule has 5 heteroatoms. The zero-order chi connectivity index (χ0) is 14.5. The van der Waals surface area contributed by atoms with Crippen molar-refractivity contribution in [2.45, 2.75) is 19.4 Å². The van der Waals surface area contributed by atoms with Gasteiger partial charge in [0.25, 0.3) is 0 Å². The number of hydrogen-bond donors (Lipinski definition) is 1. The zero-order valence-corrected chi connectivity index (χ0v) is 12.1. The maximum atomic E-state index is 9.28. The first-order valence-corrected chi connectivity index (χ1v) is 7.48. The third kappa shape index (κ3) is 3.41. The highest BCUT2D eigenvalue weighted by atomic mass is 16.5. The summed E-state index contributed by atoms with van der Waals surface area (Å²) in [5.41, 5.74) is 2.71. The molecular weight excluding hydrogens is 264 g/mol. The molecule has 0 bridgehead atoms. The van der Waals surface area contributed by atoms with Gasteiger partial charge in [0.15, 0.2) is 0 Å². The van der Waals surface area contributed by atoms with Crippen LogP contribution in [0, 0.1) is 11.3 Å². The minimum Gasteiger partial charge on any atom is -0.376 e. The van der Waals surface area contributed by atoms with E-state index in [0.29, 0.717) is 24.6 Å². The molecule has 0 saturated carbocycles. The number of hydrogen-bond acceptors (Lipinski definition) is 5. The third-order valence-electron chi connectivity index (χ3n) is 3.92. The van der Waals surface area contributed by atoms with E-state index in [1.54, 1.807) is 0 Å². The molecule has 110 valence electrons. The highest BCUT2D eigenvalue weighted by molar-refractivity contribution is 5.54. The molecule has 3 heterocycles. The summed E-state index contributed by atoms with van der Waals surface area (Å²) < 4.78 is 5.41. The molecule has 0 aromatic carbocycles. The van der Waals surface area contributed by atoms with Crippen molar-refractivity contribution in [1.82, 2.24) is 9.88 Å². The van der Waals surface area contributed by atoms with Crippen LogP contribution in [-0.2, 0) is 17.8 Å². The number of ether oxygens (including phenoxy) is 1. The molecule has 1 aromatic heterocycles. The van der Waals surface area contributed by atoms with Crippen molar-refractivity contribution in [3.05, 3.63) is 35.0 Å². The molecule has 0 saturated heterocycles. The highest BCUT2D eigenvalue weighted by Crippen LogP contribution is 2.21. The number of rotatable bonds is 4. The van der Waals surface area contributed by atoms with Crippen LogP contribution in [0.1, 0.15) is 23.2 Å². The molecule has 3 rings (SSSR count). The van der Waals surface area contributed by atoms with Gasteiger partial charge in [0, 0.05) is 38.2 Å². The molecule has 1 aromatic rings. The van der Waals surface area contributed by atoms with E-state index < -0.39 is 0 Å². The second kappa shape index (κ2) is 6.70. The quantitative estimate of drug-likeness (QED) is 0.853. The number of nitrogens with zero attached hydrogens (tertiary/aromatic N) is 3. The maximum absolute atomic E-state index is 9.28. The summed E-state index contributed by atoms with van der Waals surface area (Å²) in [5.74, 6) is 0.714. The molecule has 1 N–H and O–H groups in total. The van der Waals surface area contributed by atoms with E-state index in [0.717, 1.165) is 50.3 Å². The van der Waals surface area contributed by atoms with Gasteiger partial charge in [-0.3, -0.25) is 4.90 Å². The minimum absolute atomic E-state index is 0.567. The Bertz CT molecular complexity index is 576. The Balaban J connectivity index is 1.64. The lowest BCUT2D eigenvalue weighted by molar-refractivity contribution is 0.109. The Morgan fingerprint density at radius 3 is 3.19 bits per heavy atom. The normalized spacial score (nSPS) is 18.0. The van der Waals surface area contributed by atoms with Crippen molar-refractivity contribution >= 4 is 5.82 Å². The van der Waals surface area contributed by atoms with Gasteiger partial charge < -0.3 is 10.1 Å². The van der Waals surface area contributed by atoms with Gasteiger partial charge >= 0.3 is 0 Å². The standard InChI is InChI=1S/C16H20N4O/c17-11-13-10-14-12-21-9-4-15(14)19-16(13)18-5-8-20-6-2-1-3-7-20/h1-2,10H,3-9,12H2,(H,18,19). The Labute approximate surface area is 125 Å². The molecule has 0 radical (unpaired) electrons. The van der Waals surface area contributed by atoms with Crippen molar-refractivity contribution in [3.63, 3.8) is 0 Å². The molecule has 2 aliphatic rings. The minimum atomic E-state index is 0.567. The molecule has 0 spiro atoms. The zero-order valence-electron chi connectivity index (χ0n) is 12.1. The fraction of sp³-hybridized carbons (Fsp3) is 0.500. The van der Waals surface area contributed by atoms with Gasteiger partial charge in [0.05, 0.1) is 24.5 Å². The Morgan fingerprint density at radius 2 is 2.38 bits per heavy atom. The summed E-state index contributed by atoms with van der Waals surface area (Å²) in [6.07, 6.45) is 6.39. The monoisotopic (exact) mass is 284 g/mol. The lowest BCUT2D eigenvalue weighted by Gasteiger charge is -2.23. The van der Waals surface area contributed by atoms with Crippen LogP contribution in [0.4, 0.5) is 5.82 Å². The molecule has 2 aliphatic heterocycles. The van der Waals surface area contributed by atoms with E-state index in [4.69, 9.17) is 4.74 Å². The van der Waals surface area contributed by atoms with Gasteiger partial charge in [-0.15, -0.1) is 0 Å². The van der Waals surface area contributed by atoms with Gasteiger partial charge in [-0.1, -0.05) is 12.2 Å². The fourth-order valence-electron chi connectivity index (χ4n) is 2.73. The number of anilines is 1. The lowest BCUT2D eigenvalue weighted by Crippen LogP contribution is -2.32. The first-order valence-electron chi connectivity index (χ1n) is 7.48. The molecule has 21 heavy (non-hydrogen) atoms. The molecule has 0 atom stereocenters. The molecule has 0 amide bonds. The van der Waals surface area contributed by atoms with Crippen molar-refractivity contribution in [2.75, 3.05) is 38.1 Å². The van der Waals surface area contributed by atoms with Crippen LogP contribution in [0.3, 0.4) is 0 Å². The van der Waals surface area contributed by atoms with Gasteiger partial charge in [0.1, 0.15) is 11.9 Å². The summed E-state index contributed by atoms with van der Waals surface area (Å²) in [6, 6.07) is 4.14. The average molecular weight is 284 g/mol. The molecule has 0 fully saturated rings. The predicted molar refractivity (Wildman–Crippen MR) is 81.0 cm³/mol. The average Bonchev–Trinajstić information content (AvgIpc) is 2.55. The molecular formula is C16H20N4O. The van der Waals surface area contributed by atoms with Crippen LogP contribution in [0.25, 0.3) is 0 Å². The first-order chi connectivity index (χ1) is 10.4. The second-order valence-corrected chi connectivity index (χ2v) is 5.39.